The van der Waals surface area contributed by atoms with E-state index in [1.54, 1.807) is 6.20 Å². The van der Waals surface area contributed by atoms with Gasteiger partial charge in [-0.1, -0.05) is 0 Å². The first kappa shape index (κ1) is 6.81. The Kier molecular flexibility index (Phi) is 2.06. The fraction of sp³-hybridized carbons (Fsp3) is 0.429. The van der Waals surface area contributed by atoms with Crippen LogP contribution in [-0.4, -0.2) is 9.55 Å². The van der Waals surface area contributed by atoms with E-state index in [-0.39, 0.29) is 0 Å². The lowest BCUT2D eigenvalue weighted by Crippen LogP contribution is -1.97. The van der Waals surface area contributed by atoms with Gasteiger partial charge in [-0.15, -0.1) is 0 Å². The number of nitrogens with zero attached hydrogens (tertiary/aromatic N) is 3. The van der Waals surface area contributed by atoms with Crippen molar-refractivity contribution in [2.75, 3.05) is 0 Å². The quantitative estimate of drug-likeness (QED) is 0.609. The Bertz CT molecular complexity index is 244. The molecular formula is C7H9N3. The van der Waals surface area contributed by atoms with Crippen molar-refractivity contribution in [3.05, 3.63) is 18.2 Å². The minimum atomic E-state index is 0.553. The average molecular weight is 135 g/mol. The standard InChI is InChI=1S/C7H9N3/c1-7-9-4-6-10(7)5-2-3-8/h4,6H,2,5H2,1H3. The van der Waals surface area contributed by atoms with Gasteiger partial charge in [0.2, 0.25) is 0 Å². The second-order valence-electron chi connectivity index (χ2n) is 2.08. The molecule has 0 radical (unpaired) electrons. The van der Waals surface area contributed by atoms with Gasteiger partial charge in [-0.05, 0) is 6.92 Å². The topological polar surface area (TPSA) is 41.6 Å². The molecule has 0 aromatic carbocycles. The Morgan fingerprint density at radius 3 is 3.10 bits per heavy atom. The molecule has 1 aromatic heterocycles. The van der Waals surface area contributed by atoms with E-state index in [0.29, 0.717) is 6.42 Å². The first-order valence-corrected chi connectivity index (χ1v) is 3.19. The van der Waals surface area contributed by atoms with Gasteiger partial charge in [0.25, 0.3) is 0 Å². The van der Waals surface area contributed by atoms with Crippen LogP contribution in [0, 0.1) is 18.3 Å². The fourth-order valence-corrected chi connectivity index (χ4v) is 0.810. The van der Waals surface area contributed by atoms with Crippen molar-refractivity contribution in [3.8, 4) is 6.07 Å². The highest BCUT2D eigenvalue weighted by Gasteiger charge is 1.93. The van der Waals surface area contributed by atoms with Gasteiger partial charge in [-0.25, -0.2) is 4.98 Å². The van der Waals surface area contributed by atoms with Gasteiger partial charge in [-0.3, -0.25) is 0 Å². The van der Waals surface area contributed by atoms with E-state index < -0.39 is 0 Å². The smallest absolute Gasteiger partial charge is 0.105 e. The predicted molar refractivity (Wildman–Crippen MR) is 37.2 cm³/mol. The summed E-state index contributed by atoms with van der Waals surface area (Å²) >= 11 is 0. The summed E-state index contributed by atoms with van der Waals surface area (Å²) in [6.07, 6.45) is 4.18. The maximum absolute atomic E-state index is 8.27. The van der Waals surface area contributed by atoms with Crippen molar-refractivity contribution in [3.63, 3.8) is 0 Å². The molecule has 0 amide bonds. The lowest BCUT2D eigenvalue weighted by Gasteiger charge is -1.98. The summed E-state index contributed by atoms with van der Waals surface area (Å²) < 4.78 is 1.96. The van der Waals surface area contributed by atoms with Crippen LogP contribution in [0.15, 0.2) is 12.4 Å². The van der Waals surface area contributed by atoms with Crippen molar-refractivity contribution in [2.24, 2.45) is 0 Å². The predicted octanol–water partition coefficient (Wildman–Crippen LogP) is 1.11. The lowest BCUT2D eigenvalue weighted by molar-refractivity contribution is 0.689. The molecule has 0 atom stereocenters. The number of aromatic nitrogens is 2. The van der Waals surface area contributed by atoms with E-state index in [2.05, 4.69) is 11.1 Å². The Labute approximate surface area is 59.9 Å². The van der Waals surface area contributed by atoms with Crippen molar-refractivity contribution in [2.45, 2.75) is 19.9 Å². The molecule has 0 spiro atoms. The zero-order valence-electron chi connectivity index (χ0n) is 5.91. The van der Waals surface area contributed by atoms with Gasteiger partial charge in [0, 0.05) is 18.9 Å². The van der Waals surface area contributed by atoms with Crippen LogP contribution < -0.4 is 0 Å². The van der Waals surface area contributed by atoms with Gasteiger partial charge in [0.05, 0.1) is 12.5 Å². The third kappa shape index (κ3) is 1.35. The minimum absolute atomic E-state index is 0.553. The maximum atomic E-state index is 8.27. The Hall–Kier alpha value is -1.30. The van der Waals surface area contributed by atoms with E-state index in [1.807, 2.05) is 17.7 Å². The number of rotatable bonds is 2. The van der Waals surface area contributed by atoms with Gasteiger partial charge in [0.1, 0.15) is 5.82 Å². The Morgan fingerprint density at radius 1 is 1.80 bits per heavy atom. The van der Waals surface area contributed by atoms with E-state index in [1.165, 1.54) is 0 Å². The summed E-state index contributed by atoms with van der Waals surface area (Å²) in [7, 11) is 0. The molecule has 1 aromatic rings. The van der Waals surface area contributed by atoms with Crippen molar-refractivity contribution in [1.82, 2.24) is 9.55 Å². The van der Waals surface area contributed by atoms with Crippen LogP contribution in [0.1, 0.15) is 12.2 Å². The Morgan fingerprint density at radius 2 is 2.60 bits per heavy atom. The van der Waals surface area contributed by atoms with Gasteiger partial charge in [0.15, 0.2) is 0 Å². The third-order valence-electron chi connectivity index (χ3n) is 1.39. The zero-order valence-corrected chi connectivity index (χ0v) is 5.91. The third-order valence-corrected chi connectivity index (χ3v) is 1.39. The van der Waals surface area contributed by atoms with E-state index >= 15 is 0 Å². The van der Waals surface area contributed by atoms with E-state index in [0.717, 1.165) is 12.4 Å². The molecule has 0 aliphatic heterocycles. The summed E-state index contributed by atoms with van der Waals surface area (Å²) in [6.45, 7) is 2.68. The monoisotopic (exact) mass is 135 g/mol. The molecule has 0 N–H and O–H groups in total. The number of aryl methyl sites for hydroxylation is 2. The number of hydrogen-bond donors (Lipinski definition) is 0. The van der Waals surface area contributed by atoms with Crippen LogP contribution in [-0.2, 0) is 6.54 Å². The second kappa shape index (κ2) is 3.02. The van der Waals surface area contributed by atoms with E-state index in [4.69, 9.17) is 5.26 Å². The van der Waals surface area contributed by atoms with Crippen molar-refractivity contribution < 1.29 is 0 Å². The van der Waals surface area contributed by atoms with Crippen LogP contribution >= 0.6 is 0 Å². The van der Waals surface area contributed by atoms with Crippen LogP contribution in [0.4, 0.5) is 0 Å². The molecule has 3 heteroatoms. The summed E-state index contributed by atoms with van der Waals surface area (Å²) in [6, 6.07) is 2.08. The van der Waals surface area contributed by atoms with Crippen LogP contribution in [0.3, 0.4) is 0 Å². The summed E-state index contributed by atoms with van der Waals surface area (Å²) in [5.74, 6) is 0.968. The molecule has 0 aliphatic carbocycles. The minimum Gasteiger partial charge on any atom is -0.334 e. The molecule has 1 heterocycles. The number of hydrogen-bond acceptors (Lipinski definition) is 2. The molecule has 0 saturated heterocycles. The van der Waals surface area contributed by atoms with Gasteiger partial charge < -0.3 is 4.57 Å². The lowest BCUT2D eigenvalue weighted by atomic mass is 10.4. The molecule has 0 saturated carbocycles. The molecule has 1 rings (SSSR count). The molecule has 52 valence electrons. The van der Waals surface area contributed by atoms with Crippen molar-refractivity contribution >= 4 is 0 Å². The zero-order chi connectivity index (χ0) is 7.40. The molecule has 3 nitrogen and oxygen atoms in total. The summed E-state index contributed by atoms with van der Waals surface area (Å²) in [4.78, 5) is 4.02. The summed E-state index contributed by atoms with van der Waals surface area (Å²) in [5, 5.41) is 8.27. The molecule has 0 fully saturated rings. The van der Waals surface area contributed by atoms with E-state index in [9.17, 15) is 0 Å². The van der Waals surface area contributed by atoms with Crippen LogP contribution in [0.25, 0.3) is 0 Å². The summed E-state index contributed by atoms with van der Waals surface area (Å²) in [5.41, 5.74) is 0. The highest BCUT2D eigenvalue weighted by Crippen LogP contribution is 1.95. The molecular weight excluding hydrogens is 126 g/mol. The molecule has 0 unspecified atom stereocenters. The van der Waals surface area contributed by atoms with Gasteiger partial charge >= 0.3 is 0 Å². The molecule has 10 heavy (non-hydrogen) atoms. The van der Waals surface area contributed by atoms with Crippen molar-refractivity contribution in [1.29, 1.82) is 5.26 Å². The highest BCUT2D eigenvalue weighted by atomic mass is 15.0. The number of imidazole rings is 1. The first-order chi connectivity index (χ1) is 4.84. The normalized spacial score (nSPS) is 9.20. The van der Waals surface area contributed by atoms with Crippen LogP contribution in [0.5, 0.6) is 0 Å². The number of nitriles is 1. The maximum Gasteiger partial charge on any atom is 0.105 e. The SMILES string of the molecule is Cc1nccn1CCC#N. The first-order valence-electron chi connectivity index (χ1n) is 3.19. The molecule has 0 bridgehead atoms. The Balaban J connectivity index is 2.59. The van der Waals surface area contributed by atoms with Crippen LogP contribution in [0.2, 0.25) is 0 Å². The highest BCUT2D eigenvalue weighted by molar-refractivity contribution is 4.89. The average Bonchev–Trinajstić information content (AvgIpc) is 2.31. The van der Waals surface area contributed by atoms with Gasteiger partial charge in [-0.2, -0.15) is 5.26 Å². The largest absolute Gasteiger partial charge is 0.334 e. The fourth-order valence-electron chi connectivity index (χ4n) is 0.810. The molecule has 0 aliphatic rings. The second-order valence-corrected chi connectivity index (χ2v) is 2.08.